The maximum absolute atomic E-state index is 13.8. The summed E-state index contributed by atoms with van der Waals surface area (Å²) in [6.45, 7) is 13.9. The zero-order valence-electron chi connectivity index (χ0n) is 37.0. The van der Waals surface area contributed by atoms with Gasteiger partial charge in [-0.25, -0.2) is 9.36 Å². The topological polar surface area (TPSA) is 142 Å². The van der Waals surface area contributed by atoms with E-state index >= 15 is 0 Å². The minimum atomic E-state index is -3.97. The predicted octanol–water partition coefficient (Wildman–Crippen LogP) is 11.8. The van der Waals surface area contributed by atoms with Crippen molar-refractivity contribution in [3.8, 4) is 0 Å². The number of carbonyl (C=O) groups is 3. The maximum atomic E-state index is 13.8. The Hall–Kier alpha value is -5.00. The number of phosphoric acid groups is 1. The van der Waals surface area contributed by atoms with Gasteiger partial charge in [-0.1, -0.05) is 119 Å². The van der Waals surface area contributed by atoms with Gasteiger partial charge < -0.3 is 25.0 Å². The molecule has 4 aromatic rings. The second-order valence-corrected chi connectivity index (χ2v) is 18.5. The van der Waals surface area contributed by atoms with Crippen LogP contribution in [0.15, 0.2) is 103 Å². The van der Waals surface area contributed by atoms with Crippen LogP contribution in [0.2, 0.25) is 0 Å². The lowest BCUT2D eigenvalue weighted by Crippen LogP contribution is -2.32. The fraction of sp³-hybridized carbons (Fsp3) is 0.449. The number of hydrogen-bond donors (Lipinski definition) is 2. The van der Waals surface area contributed by atoms with Crippen LogP contribution in [0.4, 0.5) is 21.9 Å². The molecule has 62 heavy (non-hydrogen) atoms. The molecule has 5 rings (SSSR count). The minimum absolute atomic E-state index is 0.0557. The molecular formula is C49H64N3O9P. The summed E-state index contributed by atoms with van der Waals surface area (Å²) in [5.74, 6) is -0.822. The molecule has 1 fully saturated rings. The van der Waals surface area contributed by atoms with Gasteiger partial charge in [0.05, 0.1) is 43.0 Å². The van der Waals surface area contributed by atoms with Crippen LogP contribution in [0.5, 0.6) is 0 Å². The van der Waals surface area contributed by atoms with E-state index in [1.165, 1.54) is 0 Å². The number of aryl methyl sites for hydroxylation is 1. The number of esters is 2. The van der Waals surface area contributed by atoms with E-state index < -0.39 is 38.6 Å². The van der Waals surface area contributed by atoms with Gasteiger partial charge >= 0.3 is 25.8 Å². The molecule has 0 bridgehead atoms. The Balaban J connectivity index is 1.14. The average molecular weight is 870 g/mol. The number of carbonyl (C=O) groups excluding carboxylic acids is 3. The van der Waals surface area contributed by atoms with Gasteiger partial charge in [-0.05, 0) is 97.7 Å². The van der Waals surface area contributed by atoms with E-state index in [0.717, 1.165) is 41.0 Å². The first-order valence-corrected chi connectivity index (χ1v) is 23.3. The number of rotatable bonds is 22. The van der Waals surface area contributed by atoms with Crippen LogP contribution in [0.25, 0.3) is 0 Å². The average Bonchev–Trinajstić information content (AvgIpc) is 3.25. The lowest BCUT2D eigenvalue weighted by molar-refractivity contribution is -0.171. The third-order valence-corrected chi connectivity index (χ3v) is 12.1. The van der Waals surface area contributed by atoms with Gasteiger partial charge in [0.15, 0.2) is 0 Å². The number of urea groups is 1. The first kappa shape index (κ1) is 48.0. The largest absolute Gasteiger partial charge is 0.475 e. The van der Waals surface area contributed by atoms with Crippen molar-refractivity contribution in [1.82, 2.24) is 0 Å². The van der Waals surface area contributed by atoms with Gasteiger partial charge in [0, 0.05) is 18.8 Å². The molecular weight excluding hydrogens is 806 g/mol. The van der Waals surface area contributed by atoms with Crippen molar-refractivity contribution in [3.63, 3.8) is 0 Å². The van der Waals surface area contributed by atoms with E-state index in [0.29, 0.717) is 55.3 Å². The van der Waals surface area contributed by atoms with Crippen LogP contribution in [-0.4, -0.2) is 44.0 Å². The molecule has 0 radical (unpaired) electrons. The van der Waals surface area contributed by atoms with Crippen LogP contribution in [-0.2, 0) is 50.4 Å². The summed E-state index contributed by atoms with van der Waals surface area (Å²) in [4.78, 5) is 41.8. The molecule has 0 aliphatic heterocycles. The number of benzene rings is 4. The molecule has 12 nitrogen and oxygen atoms in total. The molecule has 1 saturated carbocycles. The normalized spacial score (nSPS) is 15.8. The summed E-state index contributed by atoms with van der Waals surface area (Å²) in [5, 5.41) is 6.02. The molecule has 1 unspecified atom stereocenters. The lowest BCUT2D eigenvalue weighted by Gasteiger charge is -2.31. The number of nitrogens with zero attached hydrogens (tertiary/aromatic N) is 1. The number of hydrogen-bond acceptors (Lipinski definition) is 10. The molecule has 4 aromatic carbocycles. The lowest BCUT2D eigenvalue weighted by atomic mass is 9.88. The van der Waals surface area contributed by atoms with E-state index in [9.17, 15) is 18.9 Å². The van der Waals surface area contributed by atoms with Gasteiger partial charge in [0.25, 0.3) is 0 Å². The third kappa shape index (κ3) is 15.7. The quantitative estimate of drug-likeness (QED) is 0.0445. The van der Waals surface area contributed by atoms with Crippen LogP contribution in [0.3, 0.4) is 0 Å². The Kier molecular flexibility index (Phi) is 18.6. The standard InChI is InChI=1S/C49H64N3O9P/c1-7-40(42-22-27-46(52(30-35(2)3)31-36(4)5)45(28-42)51-49(55)50-43-23-18-37(6)19-24-43)29-47(53)57-34-58-48(54)41-20-25-44(26-21-41)61-62(56,59-32-38-14-10-8-11-15-38)60-33-39-16-12-9-13-17-39/h8-19,22-24,27-28,35-36,40-41,44H,7,20-21,25-26,29-34H2,1-6H3,(H2,50,51,55)/t40?,41-,44-. The smallest absolute Gasteiger partial charge is 0.428 e. The van der Waals surface area contributed by atoms with Crippen molar-refractivity contribution in [2.75, 3.05) is 35.4 Å². The molecule has 0 aromatic heterocycles. The summed E-state index contributed by atoms with van der Waals surface area (Å²) >= 11 is 0. The van der Waals surface area contributed by atoms with Crippen LogP contribution < -0.4 is 15.5 Å². The SMILES string of the molecule is CCC(CC(=O)OCOC(=O)[C@H]1CC[C@H](OP(=O)(OCc2ccccc2)OCc2ccccc2)CC1)c1ccc(N(CC(C)C)CC(C)C)c(NC(=O)Nc2ccc(C)cc2)c1. The van der Waals surface area contributed by atoms with E-state index in [1.807, 2.05) is 117 Å². The molecule has 2 amide bonds. The first-order valence-electron chi connectivity index (χ1n) is 21.8. The molecule has 1 atom stereocenters. The Morgan fingerprint density at radius 2 is 1.32 bits per heavy atom. The summed E-state index contributed by atoms with van der Waals surface area (Å²) in [7, 11) is -3.97. The number of ether oxygens (including phenoxy) is 2. The second kappa shape index (κ2) is 24.0. The third-order valence-electron chi connectivity index (χ3n) is 10.6. The Morgan fingerprint density at radius 3 is 1.87 bits per heavy atom. The van der Waals surface area contributed by atoms with Gasteiger partial charge in [-0.3, -0.25) is 23.2 Å². The molecule has 2 N–H and O–H groups in total. The van der Waals surface area contributed by atoms with Crippen LogP contribution in [0, 0.1) is 24.7 Å². The number of anilines is 3. The fourth-order valence-electron chi connectivity index (χ4n) is 7.43. The molecule has 334 valence electrons. The molecule has 13 heteroatoms. The van der Waals surface area contributed by atoms with Gasteiger partial charge in [0.1, 0.15) is 0 Å². The van der Waals surface area contributed by atoms with Crippen molar-refractivity contribution in [2.45, 2.75) is 105 Å². The van der Waals surface area contributed by atoms with E-state index in [-0.39, 0.29) is 31.6 Å². The summed E-state index contributed by atoms with van der Waals surface area (Å²) in [6.07, 6.45) is 2.02. The van der Waals surface area contributed by atoms with Crippen LogP contribution >= 0.6 is 7.82 Å². The Morgan fingerprint density at radius 1 is 0.742 bits per heavy atom. The molecule has 1 aliphatic rings. The summed E-state index contributed by atoms with van der Waals surface area (Å²) < 4.78 is 42.3. The zero-order valence-corrected chi connectivity index (χ0v) is 37.9. The molecule has 0 spiro atoms. The van der Waals surface area contributed by atoms with Gasteiger partial charge in [0.2, 0.25) is 6.79 Å². The summed E-state index contributed by atoms with van der Waals surface area (Å²) in [5.41, 5.74) is 5.87. The highest BCUT2D eigenvalue weighted by atomic mass is 31.2. The second-order valence-electron chi connectivity index (χ2n) is 16.9. The molecule has 0 saturated heterocycles. The predicted molar refractivity (Wildman–Crippen MR) is 244 cm³/mol. The van der Waals surface area contributed by atoms with Crippen molar-refractivity contribution < 1.29 is 42.0 Å². The Labute approximate surface area is 367 Å². The van der Waals surface area contributed by atoms with Crippen molar-refractivity contribution in [2.24, 2.45) is 17.8 Å². The van der Waals surface area contributed by atoms with Crippen molar-refractivity contribution in [1.29, 1.82) is 0 Å². The number of phosphoric ester groups is 1. The van der Waals surface area contributed by atoms with Crippen LogP contribution in [0.1, 0.15) is 101 Å². The van der Waals surface area contributed by atoms with Gasteiger partial charge in [-0.2, -0.15) is 0 Å². The highest BCUT2D eigenvalue weighted by molar-refractivity contribution is 7.48. The monoisotopic (exact) mass is 869 g/mol. The highest BCUT2D eigenvalue weighted by Gasteiger charge is 2.35. The zero-order chi connectivity index (χ0) is 44.5. The Bertz CT molecular complexity index is 2000. The van der Waals surface area contributed by atoms with Crippen molar-refractivity contribution >= 4 is 42.9 Å². The van der Waals surface area contributed by atoms with E-state index in [1.54, 1.807) is 0 Å². The summed E-state index contributed by atoms with van der Waals surface area (Å²) in [6, 6.07) is 32.0. The highest BCUT2D eigenvalue weighted by Crippen LogP contribution is 2.53. The molecule has 1 aliphatic carbocycles. The van der Waals surface area contributed by atoms with Crippen molar-refractivity contribution in [3.05, 3.63) is 125 Å². The number of amides is 2. The minimum Gasteiger partial charge on any atom is -0.428 e. The fourth-order valence-corrected chi connectivity index (χ4v) is 8.81. The van der Waals surface area contributed by atoms with E-state index in [4.69, 9.17) is 23.0 Å². The maximum Gasteiger partial charge on any atom is 0.475 e. The number of nitrogens with one attached hydrogen (secondary N) is 2. The van der Waals surface area contributed by atoms with Gasteiger partial charge in [-0.15, -0.1) is 0 Å². The molecule has 0 heterocycles. The van der Waals surface area contributed by atoms with E-state index in [2.05, 4.69) is 43.2 Å². The first-order chi connectivity index (χ1) is 29.8.